The molecule has 0 aliphatic heterocycles. The van der Waals surface area contributed by atoms with E-state index in [9.17, 15) is 0 Å². The highest BCUT2D eigenvalue weighted by Gasteiger charge is 2.14. The largest absolute Gasteiger partial charge is 0.383 e. The van der Waals surface area contributed by atoms with Crippen LogP contribution >= 0.6 is 22.6 Å². The quantitative estimate of drug-likeness (QED) is 0.668. The van der Waals surface area contributed by atoms with Crippen LogP contribution in [0.3, 0.4) is 0 Å². The first-order valence-corrected chi connectivity index (χ1v) is 7.91. The number of hydrogen-bond acceptors (Lipinski definition) is 5. The van der Waals surface area contributed by atoms with E-state index < -0.39 is 0 Å². The van der Waals surface area contributed by atoms with Gasteiger partial charge >= 0.3 is 0 Å². The minimum Gasteiger partial charge on any atom is -0.383 e. The number of benzene rings is 1. The van der Waals surface area contributed by atoms with Crippen molar-refractivity contribution in [3.63, 3.8) is 0 Å². The Hall–Kier alpha value is -0.990. The van der Waals surface area contributed by atoms with Crippen molar-refractivity contribution >= 4 is 39.3 Å². The van der Waals surface area contributed by atoms with Crippen LogP contribution in [0.25, 0.3) is 10.9 Å². The van der Waals surface area contributed by atoms with E-state index in [1.807, 2.05) is 13.0 Å². The molecule has 1 aromatic heterocycles. The second-order valence-electron chi connectivity index (χ2n) is 4.70. The van der Waals surface area contributed by atoms with Crippen molar-refractivity contribution in [1.82, 2.24) is 9.97 Å². The number of fused-ring (bicyclic) bond motifs is 1. The number of rotatable bonds is 7. The minimum absolute atomic E-state index is 0.651. The van der Waals surface area contributed by atoms with Gasteiger partial charge in [0.15, 0.2) is 0 Å². The molecular formula is C15H20IN3O2. The van der Waals surface area contributed by atoms with Crippen LogP contribution in [0.5, 0.6) is 0 Å². The van der Waals surface area contributed by atoms with Gasteiger partial charge in [-0.1, -0.05) is 6.07 Å². The first-order chi connectivity index (χ1) is 10.2. The third-order valence-electron chi connectivity index (χ3n) is 3.20. The average molecular weight is 401 g/mol. The number of methoxy groups -OCH3 is 2. The Morgan fingerprint density at radius 2 is 1.76 bits per heavy atom. The molecule has 1 aromatic carbocycles. The van der Waals surface area contributed by atoms with E-state index in [1.165, 1.54) is 0 Å². The molecular weight excluding hydrogens is 381 g/mol. The fourth-order valence-electron chi connectivity index (χ4n) is 2.18. The molecule has 0 aliphatic carbocycles. The second kappa shape index (κ2) is 7.86. The summed E-state index contributed by atoms with van der Waals surface area (Å²) in [5.41, 5.74) is 1.00. The van der Waals surface area contributed by atoms with E-state index in [0.29, 0.717) is 13.2 Å². The number of aromatic nitrogens is 2. The van der Waals surface area contributed by atoms with Crippen LogP contribution in [0.2, 0.25) is 0 Å². The standard InChI is InChI=1S/C15H20IN3O2/c1-11-17-14-12(5-4-6-13(14)16)15(18-11)19(7-9-20-2)8-10-21-3/h4-6H,7-10H2,1-3H3. The van der Waals surface area contributed by atoms with Crippen molar-refractivity contribution in [1.29, 1.82) is 0 Å². The lowest BCUT2D eigenvalue weighted by Crippen LogP contribution is -2.31. The Morgan fingerprint density at radius 1 is 1.10 bits per heavy atom. The monoisotopic (exact) mass is 401 g/mol. The number of para-hydroxylation sites is 1. The predicted molar refractivity (Wildman–Crippen MR) is 93.0 cm³/mol. The number of anilines is 1. The molecule has 2 rings (SSSR count). The van der Waals surface area contributed by atoms with Crippen LogP contribution in [-0.4, -0.2) is 50.5 Å². The zero-order valence-corrected chi connectivity index (χ0v) is 14.8. The van der Waals surface area contributed by atoms with Gasteiger partial charge in [-0.25, -0.2) is 9.97 Å². The molecule has 1 heterocycles. The van der Waals surface area contributed by atoms with Crippen molar-refractivity contribution in [3.05, 3.63) is 27.6 Å². The van der Waals surface area contributed by atoms with Crippen LogP contribution in [0.15, 0.2) is 18.2 Å². The third kappa shape index (κ3) is 4.02. The molecule has 114 valence electrons. The molecule has 0 amide bonds. The topological polar surface area (TPSA) is 47.5 Å². The van der Waals surface area contributed by atoms with Gasteiger partial charge in [-0.3, -0.25) is 0 Å². The van der Waals surface area contributed by atoms with Gasteiger partial charge < -0.3 is 14.4 Å². The SMILES string of the molecule is COCCN(CCOC)c1nc(C)nc2c(I)cccc12. The van der Waals surface area contributed by atoms with Gasteiger partial charge in [0.25, 0.3) is 0 Å². The Morgan fingerprint density at radius 3 is 2.38 bits per heavy atom. The van der Waals surface area contributed by atoms with Crippen molar-refractivity contribution < 1.29 is 9.47 Å². The normalized spacial score (nSPS) is 11.0. The zero-order valence-electron chi connectivity index (χ0n) is 12.6. The molecule has 0 radical (unpaired) electrons. The summed E-state index contributed by atoms with van der Waals surface area (Å²) >= 11 is 2.31. The lowest BCUT2D eigenvalue weighted by molar-refractivity contribution is 0.190. The van der Waals surface area contributed by atoms with Crippen molar-refractivity contribution in [2.75, 3.05) is 45.4 Å². The highest BCUT2D eigenvalue weighted by Crippen LogP contribution is 2.27. The van der Waals surface area contributed by atoms with Crippen molar-refractivity contribution in [2.45, 2.75) is 6.92 Å². The lowest BCUT2D eigenvalue weighted by Gasteiger charge is -2.24. The zero-order chi connectivity index (χ0) is 15.2. The van der Waals surface area contributed by atoms with Gasteiger partial charge in [0.2, 0.25) is 0 Å². The highest BCUT2D eigenvalue weighted by atomic mass is 127. The molecule has 0 fully saturated rings. The second-order valence-corrected chi connectivity index (χ2v) is 5.87. The molecule has 6 heteroatoms. The molecule has 0 unspecified atom stereocenters. The van der Waals surface area contributed by atoms with Gasteiger partial charge in [0.1, 0.15) is 11.6 Å². The molecule has 0 saturated carbocycles. The van der Waals surface area contributed by atoms with E-state index in [1.54, 1.807) is 14.2 Å². The van der Waals surface area contributed by atoms with Gasteiger partial charge in [0, 0.05) is 36.3 Å². The van der Waals surface area contributed by atoms with Gasteiger partial charge in [0.05, 0.1) is 18.7 Å². The van der Waals surface area contributed by atoms with E-state index >= 15 is 0 Å². The minimum atomic E-state index is 0.651. The molecule has 2 aromatic rings. The maximum atomic E-state index is 5.21. The summed E-state index contributed by atoms with van der Waals surface area (Å²) in [7, 11) is 3.42. The fourth-order valence-corrected chi connectivity index (χ4v) is 2.80. The summed E-state index contributed by atoms with van der Waals surface area (Å²) in [6.07, 6.45) is 0. The Bertz CT molecular complexity index is 599. The lowest BCUT2D eigenvalue weighted by atomic mass is 10.2. The summed E-state index contributed by atoms with van der Waals surface area (Å²) < 4.78 is 11.6. The number of ether oxygens (including phenoxy) is 2. The first-order valence-electron chi connectivity index (χ1n) is 6.83. The Kier molecular flexibility index (Phi) is 6.13. The van der Waals surface area contributed by atoms with Gasteiger partial charge in [-0.05, 0) is 41.6 Å². The van der Waals surface area contributed by atoms with Crippen LogP contribution in [0.4, 0.5) is 5.82 Å². The summed E-state index contributed by atoms with van der Waals surface area (Å²) in [4.78, 5) is 11.4. The maximum Gasteiger partial charge on any atom is 0.140 e. The number of hydrogen-bond donors (Lipinski definition) is 0. The summed E-state index contributed by atoms with van der Waals surface area (Å²) in [5, 5.41) is 1.07. The average Bonchev–Trinajstić information content (AvgIpc) is 2.48. The molecule has 0 atom stereocenters. The molecule has 0 aliphatic rings. The third-order valence-corrected chi connectivity index (χ3v) is 4.07. The summed E-state index contributed by atoms with van der Waals surface area (Å²) in [5.74, 6) is 1.73. The van der Waals surface area contributed by atoms with Crippen LogP contribution in [0.1, 0.15) is 5.82 Å². The predicted octanol–water partition coefficient (Wildman–Crippen LogP) is 2.64. The number of aryl methyl sites for hydroxylation is 1. The van der Waals surface area contributed by atoms with E-state index in [2.05, 4.69) is 49.6 Å². The molecule has 0 bridgehead atoms. The smallest absolute Gasteiger partial charge is 0.140 e. The van der Waals surface area contributed by atoms with Crippen molar-refractivity contribution in [3.8, 4) is 0 Å². The fraction of sp³-hybridized carbons (Fsp3) is 0.467. The first kappa shape index (κ1) is 16.4. The Labute approximate surface area is 138 Å². The number of halogens is 1. The molecule has 0 saturated heterocycles. The van der Waals surface area contributed by atoms with E-state index in [0.717, 1.165) is 39.2 Å². The molecule has 0 spiro atoms. The summed E-state index contributed by atoms with van der Waals surface area (Å²) in [6.45, 7) is 4.78. The van der Waals surface area contributed by atoms with E-state index in [4.69, 9.17) is 9.47 Å². The van der Waals surface area contributed by atoms with E-state index in [-0.39, 0.29) is 0 Å². The molecule has 5 nitrogen and oxygen atoms in total. The van der Waals surface area contributed by atoms with Crippen LogP contribution < -0.4 is 4.90 Å². The highest BCUT2D eigenvalue weighted by molar-refractivity contribution is 14.1. The molecule has 0 N–H and O–H groups in total. The number of nitrogens with zero attached hydrogens (tertiary/aromatic N) is 3. The summed E-state index contributed by atoms with van der Waals surface area (Å²) in [6, 6.07) is 6.17. The van der Waals surface area contributed by atoms with Crippen LogP contribution in [0, 0.1) is 10.5 Å². The Balaban J connectivity index is 2.47. The van der Waals surface area contributed by atoms with Crippen LogP contribution in [-0.2, 0) is 9.47 Å². The molecule has 21 heavy (non-hydrogen) atoms. The maximum absolute atomic E-state index is 5.21. The van der Waals surface area contributed by atoms with Gasteiger partial charge in [-0.2, -0.15) is 0 Å². The van der Waals surface area contributed by atoms with Gasteiger partial charge in [-0.15, -0.1) is 0 Å². The van der Waals surface area contributed by atoms with Crippen molar-refractivity contribution in [2.24, 2.45) is 0 Å².